The zero-order valence-corrected chi connectivity index (χ0v) is 87.3. The number of hydrogen-bond acceptors (Lipinski definition) is 29. The molecule has 0 unspecified atom stereocenters. The molecule has 1 aromatic heterocycles. The first-order valence-corrected chi connectivity index (χ1v) is 56.8. The lowest BCUT2D eigenvalue weighted by Gasteiger charge is -2.29. The lowest BCUT2D eigenvalue weighted by atomic mass is 9.79. The SMILES string of the molecule is CC[N+]1=C(/C=C/C=C/C=C2/N(CCCCCCCC(=O)NCCS(=O)(=O)CCNCCCC[C@H](NC(=O)[C@H](CCCNC(=N)N)NC(=O)[C@H](CCCNC(=N)N)NC(=O)[C@@H](NC(=O)[C@H](CCCNC(=N)N)NC(=O)[C@@H](N)CSSC(C)(C)C)C(C)C)C(=O)Nc3ccc4nc(C#N)sc4c3)c3ccc4c(S(=O)(=O)O)cc(S(=O)(=O)O)cc4c3C2(C)C)C(C)(C)c2c1ccc1c(S(=O)(=O)O)cc(S(=O)(=O)[O-])cc21. The molecule has 0 saturated heterocycles. The molecule has 0 aliphatic carbocycles. The van der Waals surface area contributed by atoms with Gasteiger partial charge in [-0.25, -0.2) is 21.8 Å². The highest BCUT2D eigenvalue weighted by Gasteiger charge is 2.47. The van der Waals surface area contributed by atoms with Crippen molar-refractivity contribution in [2.24, 2.45) is 28.9 Å². The zero-order valence-electron chi connectivity index (χ0n) is 80.7. The maximum absolute atomic E-state index is 14.8. The summed E-state index contributed by atoms with van der Waals surface area (Å²) in [7, 11) is -21.1. The monoisotopic (exact) mass is 2120 g/mol. The normalized spacial score (nSPS) is 15.4. The molecule has 43 nitrogen and oxygen atoms in total. The maximum Gasteiger partial charge on any atom is 0.295 e. The van der Waals surface area contributed by atoms with Gasteiger partial charge >= 0.3 is 0 Å². The summed E-state index contributed by atoms with van der Waals surface area (Å²) in [6, 6.07) is 8.78. The van der Waals surface area contributed by atoms with Gasteiger partial charge in [0.15, 0.2) is 38.4 Å². The van der Waals surface area contributed by atoms with E-state index in [0.717, 1.165) is 23.5 Å². The first kappa shape index (κ1) is 116. The van der Waals surface area contributed by atoms with Gasteiger partial charge in [0, 0.05) is 107 Å². The highest BCUT2D eigenvalue weighted by atomic mass is 33.1. The molecule has 2 aliphatic heterocycles. The third-order valence-corrected chi connectivity index (χ3v) is 32.9. The number of guanidine groups is 3. The topological polar surface area (TPSA) is 725 Å². The fourth-order valence-corrected chi connectivity index (χ4v) is 23.7. The van der Waals surface area contributed by atoms with Crippen LogP contribution in [0.1, 0.15) is 182 Å². The van der Waals surface area contributed by atoms with E-state index >= 15 is 0 Å². The first-order chi connectivity index (χ1) is 66.4. The summed E-state index contributed by atoms with van der Waals surface area (Å²) in [4.78, 5) is 103. The van der Waals surface area contributed by atoms with Crippen LogP contribution in [0.2, 0.25) is 0 Å². The number of allylic oxidation sites excluding steroid dienone is 6. The number of hydrogen-bond donors (Lipinski definition) is 21. The minimum Gasteiger partial charge on any atom is -0.744 e. The number of aromatic nitrogens is 1. The second-order valence-corrected chi connectivity index (χ2v) is 48.8. The van der Waals surface area contributed by atoms with Gasteiger partial charge in [-0.05, 0) is 181 Å². The van der Waals surface area contributed by atoms with Gasteiger partial charge in [0.1, 0.15) is 62.7 Å². The number of nitrogens with zero attached hydrogens (tertiary/aromatic N) is 4. The number of nitriles is 1. The Bertz CT molecular complexity index is 6500. The number of carbonyl (C=O) groups excluding carboxylic acids is 7. The standard InChI is InChI=1S/C91H130N22O21S8/c1-11-112-68-36-33-58-60(48-56(139(123,124)125)50-71(58)141(129,130)131)77(68)90(7,8)73(112)29-16-15-17-30-74-91(9,10)78-61-49-57(140(126,127)128)51-72(142(132,133)134)59(61)34-37-69(78)113(74)44-21-14-12-13-18-31-75(114)101-43-46-138(121,122)45-42-100-38-20-19-25-64(81(116)105-55-32-35-63-70(47-55)136-76(52-92)106-63)108-82(117)65(26-22-39-102-86(94)95)109-83(118)66(27-23-40-103-87(96)97)110-85(120)79(54(2)3)111-84(119)67(28-24-41-104-88(98)99)107-80(115)62(93)53-135-137-89(4,5)6/h15-17,29-30,32-37,47-51,54,62,64-67,79,100H,11-14,18-28,31,38-46,53,93H2,1-10H3,(H22-,94,95,96,97,98,99,101,102,103,104,105,107,108,109,110,111,114,115,116,117,118,119,120,123,124,125,126,127,128,129,130,131,132,133,134)/t62-,64-,65-,66-,67-,79-/m0/s1. The highest BCUT2D eigenvalue weighted by molar-refractivity contribution is 8.77. The van der Waals surface area contributed by atoms with Crippen molar-refractivity contribution in [2.75, 3.05) is 79.8 Å². The van der Waals surface area contributed by atoms with Crippen LogP contribution in [0.15, 0.2) is 122 Å². The second kappa shape index (κ2) is 51.0. The van der Waals surface area contributed by atoms with Gasteiger partial charge in [-0.2, -0.15) is 35.1 Å². The van der Waals surface area contributed by atoms with Crippen molar-refractivity contribution in [1.29, 1.82) is 21.5 Å². The molecule has 51 heteroatoms. The largest absolute Gasteiger partial charge is 0.744 e. The minimum atomic E-state index is -5.21. The van der Waals surface area contributed by atoms with Crippen LogP contribution < -0.4 is 86.3 Å². The molecule has 778 valence electrons. The molecule has 0 fully saturated rings. The molecule has 6 aromatic rings. The molecular weight excluding hydrogens is 1990 g/mol. The summed E-state index contributed by atoms with van der Waals surface area (Å²) in [5, 5.41) is 63.3. The summed E-state index contributed by atoms with van der Waals surface area (Å²) < 4.78 is 174. The van der Waals surface area contributed by atoms with Gasteiger partial charge in [-0.3, -0.25) is 63.4 Å². The molecule has 8 rings (SSSR count). The number of benzene rings is 5. The van der Waals surface area contributed by atoms with E-state index in [4.69, 9.17) is 39.2 Å². The maximum atomic E-state index is 14.8. The quantitative estimate of drug-likeness (QED) is 0.00398. The molecule has 5 aromatic carbocycles. The summed E-state index contributed by atoms with van der Waals surface area (Å²) in [6.45, 7) is 19.7. The van der Waals surface area contributed by atoms with E-state index in [2.05, 4.69) is 63.5 Å². The molecular formula is C91H130N22O21S8. The van der Waals surface area contributed by atoms with Gasteiger partial charge in [0.05, 0.1) is 43.0 Å². The Morgan fingerprint density at radius 1 is 0.585 bits per heavy atom. The first-order valence-electron chi connectivity index (χ1n) is 46.1. The van der Waals surface area contributed by atoms with E-state index in [1.807, 2.05) is 83.1 Å². The van der Waals surface area contributed by atoms with Crippen LogP contribution >= 0.6 is 32.9 Å². The number of sulfone groups is 1. The van der Waals surface area contributed by atoms with Crippen molar-refractivity contribution in [3.63, 3.8) is 0 Å². The molecule has 2 aliphatic rings. The van der Waals surface area contributed by atoms with E-state index < -0.39 is 158 Å². The average molecular weight is 2120 g/mol. The Kier molecular flexibility index (Phi) is 41.7. The molecule has 7 amide bonds. The Balaban J connectivity index is 0.874. The van der Waals surface area contributed by atoms with E-state index in [9.17, 15) is 99.1 Å². The number of carbonyl (C=O) groups is 7. The van der Waals surface area contributed by atoms with Gasteiger partial charge in [0.25, 0.3) is 30.4 Å². The molecule has 0 radical (unpaired) electrons. The van der Waals surface area contributed by atoms with E-state index in [0.29, 0.717) is 114 Å². The van der Waals surface area contributed by atoms with Gasteiger partial charge in [0.2, 0.25) is 47.0 Å². The Hall–Kier alpha value is -11.0. The zero-order chi connectivity index (χ0) is 105. The molecule has 0 saturated carbocycles. The summed E-state index contributed by atoms with van der Waals surface area (Å²) in [6.07, 6.45) is 12.8. The minimum absolute atomic E-state index is 0.000544. The summed E-state index contributed by atoms with van der Waals surface area (Å²) >= 11 is 1.09. The van der Waals surface area contributed by atoms with Crippen LogP contribution in [0.25, 0.3) is 31.8 Å². The van der Waals surface area contributed by atoms with E-state index in [-0.39, 0.29) is 169 Å². The molecule has 0 spiro atoms. The van der Waals surface area contributed by atoms with Crippen molar-refractivity contribution >= 4 is 197 Å². The second-order valence-electron chi connectivity index (χ2n) is 36.7. The van der Waals surface area contributed by atoms with Crippen molar-refractivity contribution < 1.29 is 98.4 Å². The fraction of sp³-hybridized carbons (Fsp3) is 0.505. The molecule has 0 bridgehead atoms. The van der Waals surface area contributed by atoms with Crippen LogP contribution in [0.3, 0.4) is 0 Å². The van der Waals surface area contributed by atoms with Crippen LogP contribution in [-0.2, 0) is 94.7 Å². The molecule has 142 heavy (non-hydrogen) atoms. The molecule has 3 heterocycles. The number of nitrogens with two attached hydrogens (primary N) is 4. The summed E-state index contributed by atoms with van der Waals surface area (Å²) in [5.41, 5.74) is 25.3. The van der Waals surface area contributed by atoms with Gasteiger partial charge in [-0.15, -0.1) is 11.3 Å². The number of unbranched alkanes of at least 4 members (excludes halogenated alkanes) is 5. The highest BCUT2D eigenvalue weighted by Crippen LogP contribution is 2.53. The molecule has 25 N–H and O–H groups in total. The third-order valence-electron chi connectivity index (χ3n) is 23.6. The van der Waals surface area contributed by atoms with Crippen LogP contribution in [0, 0.1) is 33.5 Å². The van der Waals surface area contributed by atoms with Crippen LogP contribution in [-0.4, -0.2) is 245 Å². The predicted molar refractivity (Wildman–Crippen MR) is 549 cm³/mol. The number of amides is 7. The Morgan fingerprint density at radius 2 is 1.11 bits per heavy atom. The van der Waals surface area contributed by atoms with Gasteiger partial charge < -0.3 is 90.9 Å². The van der Waals surface area contributed by atoms with Crippen molar-refractivity contribution in [1.82, 2.24) is 58.2 Å². The number of anilines is 2. The summed E-state index contributed by atoms with van der Waals surface area (Å²) in [5.74, 6) is -7.15. The van der Waals surface area contributed by atoms with Crippen LogP contribution in [0.5, 0.6) is 0 Å². The lowest BCUT2D eigenvalue weighted by molar-refractivity contribution is -0.433. The predicted octanol–water partition coefficient (Wildman–Crippen LogP) is 5.96. The lowest BCUT2D eigenvalue weighted by Crippen LogP contribution is -2.60. The number of fused-ring (bicyclic) bond motifs is 7. The fourth-order valence-electron chi connectivity index (χ4n) is 16.7. The third kappa shape index (κ3) is 33.3. The van der Waals surface area contributed by atoms with Crippen molar-refractivity contribution in [3.05, 3.63) is 119 Å². The average Bonchev–Trinajstić information content (AvgIpc) is 1.55. The Labute approximate surface area is 839 Å². The van der Waals surface area contributed by atoms with Gasteiger partial charge in [-0.1, -0.05) is 114 Å². The number of rotatable bonds is 55. The Morgan fingerprint density at radius 3 is 1.65 bits per heavy atom. The number of thiazole rings is 1. The smallest absolute Gasteiger partial charge is 0.295 e. The van der Waals surface area contributed by atoms with Crippen molar-refractivity contribution in [3.8, 4) is 6.07 Å². The van der Waals surface area contributed by atoms with Crippen molar-refractivity contribution in [2.45, 2.75) is 237 Å². The van der Waals surface area contributed by atoms with E-state index in [1.165, 1.54) is 33.7 Å². The van der Waals surface area contributed by atoms with E-state index in [1.54, 1.807) is 62.4 Å². The van der Waals surface area contributed by atoms with Crippen LogP contribution in [0.4, 0.5) is 17.1 Å². The molecule has 6 atom stereocenters. The number of nitrogens with one attached hydrogen (secondary N) is 14.